The number of rotatable bonds is 5. The Morgan fingerprint density at radius 1 is 1.39 bits per heavy atom. The van der Waals surface area contributed by atoms with Gasteiger partial charge < -0.3 is 9.64 Å². The van der Waals surface area contributed by atoms with Crippen molar-refractivity contribution < 1.29 is 9.53 Å². The van der Waals surface area contributed by atoms with Gasteiger partial charge in [0.25, 0.3) is 0 Å². The van der Waals surface area contributed by atoms with E-state index in [2.05, 4.69) is 10.2 Å². The average Bonchev–Trinajstić information content (AvgIpc) is 3.14. The Balaban J connectivity index is 1.48. The van der Waals surface area contributed by atoms with Crippen LogP contribution in [0.25, 0.3) is 0 Å². The smallest absolute Gasteiger partial charge is 0.232 e. The Kier molecular flexibility index (Phi) is 5.23. The lowest BCUT2D eigenvalue weighted by atomic mass is 9.94. The van der Waals surface area contributed by atoms with Crippen molar-refractivity contribution in [3.63, 3.8) is 0 Å². The Morgan fingerprint density at radius 2 is 2.22 bits per heavy atom. The number of ether oxygens (including phenoxy) is 1. The maximum atomic E-state index is 12.4. The van der Waals surface area contributed by atoms with Crippen LogP contribution in [0.1, 0.15) is 24.5 Å². The van der Waals surface area contributed by atoms with Gasteiger partial charge in [0, 0.05) is 35.8 Å². The maximum absolute atomic E-state index is 12.4. The molecule has 0 saturated carbocycles. The van der Waals surface area contributed by atoms with Crippen LogP contribution in [0.2, 0.25) is 0 Å². The molecule has 23 heavy (non-hydrogen) atoms. The van der Waals surface area contributed by atoms with Gasteiger partial charge in [0.05, 0.1) is 12.9 Å². The molecule has 5 nitrogen and oxygen atoms in total. The zero-order chi connectivity index (χ0) is 16.1. The number of aromatic nitrogens is 2. The summed E-state index contributed by atoms with van der Waals surface area (Å²) in [6, 6.07) is 9.85. The average molecular weight is 331 g/mol. The first-order valence-corrected chi connectivity index (χ1v) is 8.78. The highest BCUT2D eigenvalue weighted by Crippen LogP contribution is 2.27. The zero-order valence-corrected chi connectivity index (χ0v) is 14.0. The molecule has 0 unspecified atom stereocenters. The summed E-state index contributed by atoms with van der Waals surface area (Å²) in [7, 11) is 1.65. The van der Waals surface area contributed by atoms with E-state index in [0.717, 1.165) is 36.6 Å². The van der Waals surface area contributed by atoms with E-state index >= 15 is 0 Å². The molecule has 0 aliphatic carbocycles. The first-order valence-electron chi connectivity index (χ1n) is 7.80. The summed E-state index contributed by atoms with van der Waals surface area (Å²) in [5.74, 6) is 2.00. The van der Waals surface area contributed by atoms with Gasteiger partial charge in [-0.05, 0) is 37.1 Å². The first-order chi connectivity index (χ1) is 11.3. The minimum absolute atomic E-state index is 0.209. The summed E-state index contributed by atoms with van der Waals surface area (Å²) >= 11 is 1.56. The normalized spacial score (nSPS) is 15.6. The molecule has 3 rings (SSSR count). The molecule has 1 aliphatic rings. The maximum Gasteiger partial charge on any atom is 0.232 e. The second-order valence-corrected chi connectivity index (χ2v) is 6.68. The van der Waals surface area contributed by atoms with Gasteiger partial charge in [-0.25, -0.2) is 0 Å². The molecule has 122 valence electrons. The van der Waals surface area contributed by atoms with E-state index < -0.39 is 0 Å². The molecule has 1 amide bonds. The summed E-state index contributed by atoms with van der Waals surface area (Å²) in [5.41, 5.74) is 1.18. The second-order valence-electron chi connectivity index (χ2n) is 5.63. The number of aromatic amines is 1. The van der Waals surface area contributed by atoms with Gasteiger partial charge in [0.1, 0.15) is 5.75 Å². The van der Waals surface area contributed by atoms with E-state index in [1.807, 2.05) is 35.2 Å². The first kappa shape index (κ1) is 15.9. The Morgan fingerprint density at radius 3 is 2.91 bits per heavy atom. The van der Waals surface area contributed by atoms with Crippen molar-refractivity contribution in [3.05, 3.63) is 42.2 Å². The van der Waals surface area contributed by atoms with E-state index in [1.54, 1.807) is 25.1 Å². The summed E-state index contributed by atoms with van der Waals surface area (Å²) in [6.45, 7) is 1.64. The third-order valence-corrected chi connectivity index (χ3v) is 5.19. The molecule has 0 atom stereocenters. The van der Waals surface area contributed by atoms with Crippen LogP contribution in [-0.2, 0) is 4.79 Å². The van der Waals surface area contributed by atoms with Gasteiger partial charge in [0.15, 0.2) is 0 Å². The van der Waals surface area contributed by atoms with E-state index in [-0.39, 0.29) is 5.91 Å². The molecule has 2 heterocycles. The lowest BCUT2D eigenvalue weighted by molar-refractivity contribution is -0.129. The van der Waals surface area contributed by atoms with Gasteiger partial charge in [-0.15, -0.1) is 11.8 Å². The van der Waals surface area contributed by atoms with E-state index in [0.29, 0.717) is 11.7 Å². The number of nitrogens with zero attached hydrogens (tertiary/aromatic N) is 2. The van der Waals surface area contributed by atoms with Crippen molar-refractivity contribution in [2.45, 2.75) is 23.7 Å². The second kappa shape index (κ2) is 7.55. The third-order valence-electron chi connectivity index (χ3n) is 4.21. The molecule has 1 saturated heterocycles. The fourth-order valence-corrected chi connectivity index (χ4v) is 3.71. The molecule has 1 aromatic heterocycles. The van der Waals surface area contributed by atoms with Crippen molar-refractivity contribution in [1.29, 1.82) is 0 Å². The van der Waals surface area contributed by atoms with Crippen molar-refractivity contribution in [2.24, 2.45) is 0 Å². The predicted octanol–water partition coefficient (Wildman–Crippen LogP) is 2.92. The number of hydrogen-bond donors (Lipinski definition) is 1. The molecule has 0 bridgehead atoms. The van der Waals surface area contributed by atoms with Crippen molar-refractivity contribution >= 4 is 17.7 Å². The van der Waals surface area contributed by atoms with Crippen LogP contribution < -0.4 is 4.74 Å². The van der Waals surface area contributed by atoms with Crippen LogP contribution in [0.15, 0.2) is 41.4 Å². The molecule has 1 aliphatic heterocycles. The fourth-order valence-electron chi connectivity index (χ4n) is 2.86. The molecule has 2 aromatic rings. The SMILES string of the molecule is COc1cccc(SCC(=O)N2CCC(c3ccn[nH]3)CC2)c1. The van der Waals surface area contributed by atoms with Gasteiger partial charge in [-0.1, -0.05) is 6.07 Å². The van der Waals surface area contributed by atoms with Crippen LogP contribution in [0, 0.1) is 0 Å². The number of piperidine rings is 1. The Labute approximate surface area is 140 Å². The van der Waals surface area contributed by atoms with Gasteiger partial charge in [-0.3, -0.25) is 9.89 Å². The van der Waals surface area contributed by atoms with Crippen LogP contribution >= 0.6 is 11.8 Å². The van der Waals surface area contributed by atoms with E-state index in [4.69, 9.17) is 4.74 Å². The topological polar surface area (TPSA) is 58.2 Å². The molecule has 0 radical (unpaired) electrons. The van der Waals surface area contributed by atoms with E-state index in [1.165, 1.54) is 5.69 Å². The summed E-state index contributed by atoms with van der Waals surface area (Å²) < 4.78 is 5.21. The number of nitrogens with one attached hydrogen (secondary N) is 1. The van der Waals surface area contributed by atoms with Crippen LogP contribution in [-0.4, -0.2) is 47.0 Å². The number of methoxy groups -OCH3 is 1. The molecular weight excluding hydrogens is 310 g/mol. The molecule has 1 aromatic carbocycles. The highest BCUT2D eigenvalue weighted by atomic mass is 32.2. The summed E-state index contributed by atoms with van der Waals surface area (Å²) in [4.78, 5) is 15.4. The lowest BCUT2D eigenvalue weighted by Crippen LogP contribution is -2.39. The summed E-state index contributed by atoms with van der Waals surface area (Å²) in [5, 5.41) is 7.05. The number of hydrogen-bond acceptors (Lipinski definition) is 4. The molecule has 0 spiro atoms. The molecule has 6 heteroatoms. The number of carbonyl (C=O) groups excluding carboxylic acids is 1. The minimum Gasteiger partial charge on any atom is -0.497 e. The number of carbonyl (C=O) groups is 1. The molecular formula is C17H21N3O2S. The molecule has 1 fully saturated rings. The van der Waals surface area contributed by atoms with Gasteiger partial charge in [0.2, 0.25) is 5.91 Å². The highest BCUT2D eigenvalue weighted by Gasteiger charge is 2.24. The minimum atomic E-state index is 0.209. The fraction of sp³-hybridized carbons (Fsp3) is 0.412. The van der Waals surface area contributed by atoms with Crippen LogP contribution in [0.4, 0.5) is 0 Å². The molecule has 1 N–H and O–H groups in total. The quantitative estimate of drug-likeness (QED) is 0.856. The predicted molar refractivity (Wildman–Crippen MR) is 90.9 cm³/mol. The van der Waals surface area contributed by atoms with E-state index in [9.17, 15) is 4.79 Å². The lowest BCUT2D eigenvalue weighted by Gasteiger charge is -2.31. The van der Waals surface area contributed by atoms with Crippen molar-refractivity contribution in [3.8, 4) is 5.75 Å². The Bertz CT molecular complexity index is 637. The van der Waals surface area contributed by atoms with Crippen LogP contribution in [0.3, 0.4) is 0 Å². The summed E-state index contributed by atoms with van der Waals surface area (Å²) in [6.07, 6.45) is 3.78. The zero-order valence-electron chi connectivity index (χ0n) is 13.2. The number of H-pyrrole nitrogens is 1. The van der Waals surface area contributed by atoms with Gasteiger partial charge in [-0.2, -0.15) is 5.10 Å². The highest BCUT2D eigenvalue weighted by molar-refractivity contribution is 8.00. The van der Waals surface area contributed by atoms with Gasteiger partial charge >= 0.3 is 0 Å². The van der Waals surface area contributed by atoms with Crippen molar-refractivity contribution in [2.75, 3.05) is 26.0 Å². The monoisotopic (exact) mass is 331 g/mol. The third kappa shape index (κ3) is 4.07. The number of likely N-dealkylation sites (tertiary alicyclic amines) is 1. The number of amides is 1. The van der Waals surface area contributed by atoms with Crippen molar-refractivity contribution in [1.82, 2.24) is 15.1 Å². The largest absolute Gasteiger partial charge is 0.497 e. The number of thioether (sulfide) groups is 1. The number of benzene rings is 1. The Hall–Kier alpha value is -1.95. The standard InChI is InChI=1S/C17H21N3O2S/c1-22-14-3-2-4-15(11-14)23-12-17(21)20-9-6-13(7-10-20)16-5-8-18-19-16/h2-5,8,11,13H,6-7,9-10,12H2,1H3,(H,18,19). The van der Waals surface area contributed by atoms with Crippen LogP contribution in [0.5, 0.6) is 5.75 Å².